The van der Waals surface area contributed by atoms with Gasteiger partial charge in [-0.3, -0.25) is 9.59 Å². The molecule has 0 bridgehead atoms. The molecule has 38 heavy (non-hydrogen) atoms. The Morgan fingerprint density at radius 3 is 2.58 bits per heavy atom. The molecule has 1 atom stereocenters. The van der Waals surface area contributed by atoms with Crippen molar-refractivity contribution in [1.82, 2.24) is 4.90 Å². The molecule has 3 aromatic carbocycles. The number of carbonyl (C=O) groups excluding carboxylic acids is 1. The SMILES string of the molecule is Cc1cc2oc3c(c(=O)c2cc1Cl)C(c1cccc(OCc2ccccc2)c1)N(CCCOC(C)C)C3=O. The summed E-state index contributed by atoms with van der Waals surface area (Å²) in [6.07, 6.45) is 0.717. The van der Waals surface area contributed by atoms with Gasteiger partial charge in [-0.25, -0.2) is 0 Å². The lowest BCUT2D eigenvalue weighted by Gasteiger charge is -2.25. The number of halogens is 1. The number of amides is 1. The van der Waals surface area contributed by atoms with E-state index in [0.29, 0.717) is 53.5 Å². The van der Waals surface area contributed by atoms with Crippen LogP contribution in [0.1, 0.15) is 59.1 Å². The first kappa shape index (κ1) is 26.0. The van der Waals surface area contributed by atoms with Crippen LogP contribution in [-0.2, 0) is 11.3 Å². The topological polar surface area (TPSA) is 69.0 Å². The molecule has 6 nitrogen and oxygen atoms in total. The van der Waals surface area contributed by atoms with Gasteiger partial charge in [-0.2, -0.15) is 0 Å². The molecule has 1 aliphatic rings. The summed E-state index contributed by atoms with van der Waals surface area (Å²) in [5.74, 6) is 0.422. The summed E-state index contributed by atoms with van der Waals surface area (Å²) in [7, 11) is 0. The van der Waals surface area contributed by atoms with E-state index in [0.717, 1.165) is 16.7 Å². The van der Waals surface area contributed by atoms with Gasteiger partial charge in [-0.1, -0.05) is 54.1 Å². The Kier molecular flexibility index (Phi) is 7.54. The van der Waals surface area contributed by atoms with E-state index >= 15 is 0 Å². The van der Waals surface area contributed by atoms with Crippen LogP contribution in [0.3, 0.4) is 0 Å². The van der Waals surface area contributed by atoms with Crippen molar-refractivity contribution in [2.75, 3.05) is 13.2 Å². The van der Waals surface area contributed by atoms with Crippen LogP contribution in [0.4, 0.5) is 0 Å². The fourth-order valence-electron chi connectivity index (χ4n) is 4.79. The van der Waals surface area contributed by atoms with E-state index in [1.807, 2.05) is 75.4 Å². The third kappa shape index (κ3) is 5.19. The summed E-state index contributed by atoms with van der Waals surface area (Å²) in [6.45, 7) is 7.10. The zero-order valence-corrected chi connectivity index (χ0v) is 22.5. The first-order valence-corrected chi connectivity index (χ1v) is 13.2. The van der Waals surface area contributed by atoms with Gasteiger partial charge in [0.25, 0.3) is 5.91 Å². The fraction of sp³-hybridized carbons (Fsp3) is 0.290. The van der Waals surface area contributed by atoms with Crippen molar-refractivity contribution in [3.05, 3.63) is 110 Å². The highest BCUT2D eigenvalue weighted by atomic mass is 35.5. The minimum absolute atomic E-state index is 0.0783. The first-order chi connectivity index (χ1) is 18.3. The summed E-state index contributed by atoms with van der Waals surface area (Å²) < 4.78 is 17.8. The molecule has 196 valence electrons. The maximum absolute atomic E-state index is 13.8. The molecule has 0 saturated heterocycles. The molecule has 4 aromatic rings. The highest BCUT2D eigenvalue weighted by molar-refractivity contribution is 6.32. The second kappa shape index (κ2) is 11.0. The quantitative estimate of drug-likeness (QED) is 0.225. The van der Waals surface area contributed by atoms with Gasteiger partial charge in [0, 0.05) is 18.2 Å². The van der Waals surface area contributed by atoms with Crippen molar-refractivity contribution in [3.8, 4) is 5.75 Å². The molecule has 2 heterocycles. The zero-order chi connectivity index (χ0) is 26.8. The van der Waals surface area contributed by atoms with Gasteiger partial charge in [0.15, 0.2) is 5.43 Å². The fourth-order valence-corrected chi connectivity index (χ4v) is 4.95. The second-order valence-electron chi connectivity index (χ2n) is 9.79. The molecule has 0 spiro atoms. The molecule has 5 rings (SSSR count). The summed E-state index contributed by atoms with van der Waals surface area (Å²) in [4.78, 5) is 29.2. The van der Waals surface area contributed by atoms with Gasteiger partial charge < -0.3 is 18.8 Å². The summed E-state index contributed by atoms with van der Waals surface area (Å²) in [5, 5.41) is 0.836. The van der Waals surface area contributed by atoms with E-state index < -0.39 is 6.04 Å². The lowest BCUT2D eigenvalue weighted by atomic mass is 9.98. The van der Waals surface area contributed by atoms with Gasteiger partial charge in [0.2, 0.25) is 5.76 Å². The number of benzene rings is 3. The van der Waals surface area contributed by atoms with Crippen LogP contribution in [-0.4, -0.2) is 30.1 Å². The smallest absolute Gasteiger partial charge is 0.290 e. The summed E-state index contributed by atoms with van der Waals surface area (Å²) in [5.41, 5.74) is 3.02. The Hall–Kier alpha value is -3.61. The van der Waals surface area contributed by atoms with Crippen molar-refractivity contribution >= 4 is 28.5 Å². The van der Waals surface area contributed by atoms with Crippen LogP contribution >= 0.6 is 11.6 Å². The van der Waals surface area contributed by atoms with E-state index in [1.54, 1.807) is 17.0 Å². The molecule has 1 amide bonds. The molecule has 0 radical (unpaired) electrons. The van der Waals surface area contributed by atoms with Crippen molar-refractivity contribution in [1.29, 1.82) is 0 Å². The summed E-state index contributed by atoms with van der Waals surface area (Å²) >= 11 is 6.35. The zero-order valence-electron chi connectivity index (χ0n) is 21.7. The van der Waals surface area contributed by atoms with Gasteiger partial charge in [0.05, 0.1) is 23.1 Å². The first-order valence-electron chi connectivity index (χ1n) is 12.8. The normalized spacial score (nSPS) is 14.9. The number of hydrogen-bond acceptors (Lipinski definition) is 5. The average molecular weight is 532 g/mol. The van der Waals surface area contributed by atoms with Crippen LogP contribution in [0.15, 0.2) is 75.9 Å². The van der Waals surface area contributed by atoms with Crippen molar-refractivity contribution in [2.45, 2.75) is 45.9 Å². The number of rotatable bonds is 9. The third-order valence-corrected chi connectivity index (χ3v) is 7.07. The van der Waals surface area contributed by atoms with Gasteiger partial charge in [0.1, 0.15) is 17.9 Å². The molecule has 1 aliphatic heterocycles. The molecule has 0 saturated carbocycles. The minimum Gasteiger partial charge on any atom is -0.489 e. The minimum atomic E-state index is -0.613. The van der Waals surface area contributed by atoms with E-state index in [2.05, 4.69) is 0 Å². The van der Waals surface area contributed by atoms with Crippen LogP contribution < -0.4 is 10.2 Å². The maximum Gasteiger partial charge on any atom is 0.290 e. The Bertz CT molecular complexity index is 1530. The summed E-state index contributed by atoms with van der Waals surface area (Å²) in [6, 6.07) is 20.2. The number of aryl methyl sites for hydroxylation is 1. The molecular weight excluding hydrogens is 502 g/mol. The van der Waals surface area contributed by atoms with E-state index in [-0.39, 0.29) is 23.2 Å². The Morgan fingerprint density at radius 1 is 1.03 bits per heavy atom. The molecular formula is C31H30ClNO5. The second-order valence-corrected chi connectivity index (χ2v) is 10.2. The molecule has 0 fully saturated rings. The predicted octanol–water partition coefficient (Wildman–Crippen LogP) is 6.69. The van der Waals surface area contributed by atoms with Crippen LogP contribution in [0, 0.1) is 6.92 Å². The molecule has 0 aliphatic carbocycles. The van der Waals surface area contributed by atoms with E-state index in [1.165, 1.54) is 0 Å². The Balaban J connectivity index is 1.55. The van der Waals surface area contributed by atoms with Crippen molar-refractivity contribution in [2.24, 2.45) is 0 Å². The lowest BCUT2D eigenvalue weighted by Crippen LogP contribution is -2.31. The molecule has 1 aromatic heterocycles. The van der Waals surface area contributed by atoms with Gasteiger partial charge in [-0.15, -0.1) is 0 Å². The number of hydrogen-bond donors (Lipinski definition) is 0. The number of carbonyl (C=O) groups is 1. The third-order valence-electron chi connectivity index (χ3n) is 6.66. The van der Waals surface area contributed by atoms with E-state index in [9.17, 15) is 9.59 Å². The standard InChI is InChI=1S/C31H30ClNO5/c1-19(2)36-14-8-13-33-28(22-11-7-12-23(16-22)37-18-21-9-5-4-6-10-21)27-29(34)24-17-25(32)20(3)15-26(24)38-30(27)31(33)35/h4-7,9-12,15-17,19,28H,8,13-14,18H2,1-3H3. The number of nitrogens with zero attached hydrogens (tertiary/aromatic N) is 1. The molecule has 0 N–H and O–H groups in total. The molecule has 1 unspecified atom stereocenters. The lowest BCUT2D eigenvalue weighted by molar-refractivity contribution is 0.0593. The number of fused-ring (bicyclic) bond motifs is 2. The highest BCUT2D eigenvalue weighted by Crippen LogP contribution is 2.39. The van der Waals surface area contributed by atoms with Gasteiger partial charge in [-0.05, 0) is 68.1 Å². The van der Waals surface area contributed by atoms with Crippen LogP contribution in [0.2, 0.25) is 5.02 Å². The predicted molar refractivity (Wildman–Crippen MR) is 148 cm³/mol. The monoisotopic (exact) mass is 531 g/mol. The maximum atomic E-state index is 13.8. The van der Waals surface area contributed by atoms with Crippen LogP contribution in [0.5, 0.6) is 5.75 Å². The molecule has 7 heteroatoms. The Morgan fingerprint density at radius 2 is 1.82 bits per heavy atom. The number of ether oxygens (including phenoxy) is 2. The average Bonchev–Trinajstić information content (AvgIpc) is 3.19. The van der Waals surface area contributed by atoms with Gasteiger partial charge >= 0.3 is 0 Å². The van der Waals surface area contributed by atoms with Crippen molar-refractivity contribution < 1.29 is 18.7 Å². The van der Waals surface area contributed by atoms with Crippen LogP contribution in [0.25, 0.3) is 11.0 Å². The highest BCUT2D eigenvalue weighted by Gasteiger charge is 2.42. The van der Waals surface area contributed by atoms with Crippen molar-refractivity contribution in [3.63, 3.8) is 0 Å². The van der Waals surface area contributed by atoms with E-state index in [4.69, 9.17) is 25.5 Å². The Labute approximate surface area is 226 Å². The largest absolute Gasteiger partial charge is 0.489 e.